The molecule has 1 aromatic carbocycles. The molecule has 0 amide bonds. The van der Waals surface area contributed by atoms with Crippen molar-refractivity contribution in [2.45, 2.75) is 11.8 Å². The molecule has 1 atom stereocenters. The first-order valence-corrected chi connectivity index (χ1v) is 5.33. The maximum Gasteiger partial charge on any atom is 0.117 e. The molecular formula is C9H7Br2NO. The third-order valence-electron chi connectivity index (χ3n) is 1.63. The first-order chi connectivity index (χ1) is 6.06. The van der Waals surface area contributed by atoms with E-state index in [9.17, 15) is 5.11 Å². The largest absolute Gasteiger partial charge is 0.508 e. The Labute approximate surface area is 93.4 Å². The number of phenols is 1. The Hall–Kier alpha value is -0.530. The van der Waals surface area contributed by atoms with Crippen LogP contribution in [0.15, 0.2) is 16.6 Å². The quantitative estimate of drug-likeness (QED) is 0.807. The Kier molecular flexibility index (Phi) is 3.34. The first kappa shape index (κ1) is 10.6. The summed E-state index contributed by atoms with van der Waals surface area (Å²) < 4.78 is 0.733. The average Bonchev–Trinajstić information content (AvgIpc) is 2.08. The summed E-state index contributed by atoms with van der Waals surface area (Å²) in [5.41, 5.74) is 1.32. The highest BCUT2D eigenvalue weighted by Crippen LogP contribution is 2.34. The molecule has 0 bridgehead atoms. The number of benzene rings is 1. The number of aromatic hydroxyl groups is 1. The van der Waals surface area contributed by atoms with Crippen molar-refractivity contribution >= 4 is 31.9 Å². The van der Waals surface area contributed by atoms with E-state index in [-0.39, 0.29) is 10.6 Å². The molecule has 1 unspecified atom stereocenters. The molecule has 1 rings (SSSR count). The molecule has 4 heteroatoms. The van der Waals surface area contributed by atoms with Crippen LogP contribution in [-0.4, -0.2) is 5.11 Å². The third-order valence-corrected chi connectivity index (χ3v) is 3.01. The van der Waals surface area contributed by atoms with Gasteiger partial charge < -0.3 is 5.11 Å². The molecule has 0 saturated carbocycles. The van der Waals surface area contributed by atoms with Crippen molar-refractivity contribution in [1.82, 2.24) is 0 Å². The topological polar surface area (TPSA) is 44.0 Å². The van der Waals surface area contributed by atoms with Gasteiger partial charge in [0.15, 0.2) is 0 Å². The third kappa shape index (κ3) is 2.23. The molecule has 13 heavy (non-hydrogen) atoms. The number of rotatable bonds is 1. The first-order valence-electron chi connectivity index (χ1n) is 3.63. The van der Waals surface area contributed by atoms with Gasteiger partial charge in [-0.2, -0.15) is 5.26 Å². The molecule has 0 aromatic heterocycles. The maximum absolute atomic E-state index is 9.31. The van der Waals surface area contributed by atoms with E-state index in [0.29, 0.717) is 5.56 Å². The predicted octanol–water partition coefficient (Wildman–Crippen LogP) is 3.48. The summed E-state index contributed by atoms with van der Waals surface area (Å²) in [4.78, 5) is 0.0982. The Morgan fingerprint density at radius 2 is 2.15 bits per heavy atom. The molecule has 2 nitrogen and oxygen atoms in total. The van der Waals surface area contributed by atoms with Crippen molar-refractivity contribution in [1.29, 1.82) is 5.26 Å². The van der Waals surface area contributed by atoms with Gasteiger partial charge >= 0.3 is 0 Å². The van der Waals surface area contributed by atoms with Gasteiger partial charge in [-0.3, -0.25) is 0 Å². The monoisotopic (exact) mass is 303 g/mol. The van der Waals surface area contributed by atoms with E-state index in [1.807, 2.05) is 13.0 Å². The minimum Gasteiger partial charge on any atom is -0.508 e. The average molecular weight is 305 g/mol. The summed E-state index contributed by atoms with van der Waals surface area (Å²) in [5.74, 6) is 0.112. The fraction of sp³-hybridized carbons (Fsp3) is 0.222. The summed E-state index contributed by atoms with van der Waals surface area (Å²) in [5, 5.41) is 18.0. The van der Waals surface area contributed by atoms with Crippen LogP contribution in [0.5, 0.6) is 5.75 Å². The van der Waals surface area contributed by atoms with Crippen LogP contribution in [-0.2, 0) is 0 Å². The van der Waals surface area contributed by atoms with Gasteiger partial charge in [0.25, 0.3) is 0 Å². The number of hydrogen-bond acceptors (Lipinski definition) is 2. The molecule has 0 fully saturated rings. The molecule has 0 aliphatic heterocycles. The number of halogens is 2. The van der Waals surface area contributed by atoms with Crippen molar-refractivity contribution in [3.63, 3.8) is 0 Å². The lowest BCUT2D eigenvalue weighted by Crippen LogP contribution is -1.89. The Morgan fingerprint density at radius 3 is 2.62 bits per heavy atom. The molecule has 1 aromatic rings. The summed E-state index contributed by atoms with van der Waals surface area (Å²) in [7, 11) is 0. The highest BCUT2D eigenvalue weighted by atomic mass is 79.9. The Balaban J connectivity index is 3.38. The van der Waals surface area contributed by atoms with Gasteiger partial charge in [0, 0.05) is 9.30 Å². The van der Waals surface area contributed by atoms with Crippen molar-refractivity contribution in [2.75, 3.05) is 0 Å². The molecule has 0 radical (unpaired) electrons. The summed E-state index contributed by atoms with van der Waals surface area (Å²) >= 11 is 6.69. The lowest BCUT2D eigenvalue weighted by molar-refractivity contribution is 0.474. The lowest BCUT2D eigenvalue weighted by Gasteiger charge is -2.08. The smallest absolute Gasteiger partial charge is 0.117 e. The van der Waals surface area contributed by atoms with Crippen LogP contribution in [0, 0.1) is 11.3 Å². The van der Waals surface area contributed by atoms with Crippen LogP contribution >= 0.6 is 31.9 Å². The van der Waals surface area contributed by atoms with Gasteiger partial charge in [-0.05, 0) is 40.5 Å². The summed E-state index contributed by atoms with van der Waals surface area (Å²) in [6.07, 6.45) is 0. The van der Waals surface area contributed by atoms with E-state index >= 15 is 0 Å². The number of alkyl halides is 1. The van der Waals surface area contributed by atoms with Crippen molar-refractivity contribution in [3.8, 4) is 11.8 Å². The van der Waals surface area contributed by atoms with Crippen LogP contribution < -0.4 is 0 Å². The van der Waals surface area contributed by atoms with Gasteiger partial charge in [-0.1, -0.05) is 15.9 Å². The second-order valence-corrected chi connectivity index (χ2v) is 4.79. The zero-order chi connectivity index (χ0) is 10.0. The number of nitrogens with zero attached hydrogens (tertiary/aromatic N) is 1. The summed E-state index contributed by atoms with van der Waals surface area (Å²) in [6, 6.07) is 5.07. The molecule has 0 heterocycles. The van der Waals surface area contributed by atoms with Gasteiger partial charge in [-0.15, -0.1) is 0 Å². The second-order valence-electron chi connectivity index (χ2n) is 2.62. The molecular weight excluding hydrogens is 298 g/mol. The van der Waals surface area contributed by atoms with Gasteiger partial charge in [-0.25, -0.2) is 0 Å². The van der Waals surface area contributed by atoms with E-state index in [1.165, 1.54) is 6.07 Å². The van der Waals surface area contributed by atoms with Crippen molar-refractivity contribution < 1.29 is 5.11 Å². The van der Waals surface area contributed by atoms with E-state index in [4.69, 9.17) is 5.26 Å². The molecule has 0 saturated heterocycles. The second kappa shape index (κ2) is 4.12. The van der Waals surface area contributed by atoms with Crippen LogP contribution in [0.3, 0.4) is 0 Å². The van der Waals surface area contributed by atoms with E-state index in [0.717, 1.165) is 10.0 Å². The van der Waals surface area contributed by atoms with E-state index in [2.05, 4.69) is 31.9 Å². The predicted molar refractivity (Wildman–Crippen MR) is 57.9 cm³/mol. The highest BCUT2D eigenvalue weighted by Gasteiger charge is 2.11. The van der Waals surface area contributed by atoms with Gasteiger partial charge in [0.05, 0.1) is 5.56 Å². The SMILES string of the molecule is CC(Br)c1cc(O)cc(C#N)c1Br. The molecule has 0 spiro atoms. The Bertz CT molecular complexity index is 369. The Morgan fingerprint density at radius 1 is 1.54 bits per heavy atom. The fourth-order valence-corrected chi connectivity index (χ4v) is 2.33. The zero-order valence-corrected chi connectivity index (χ0v) is 10.1. The van der Waals surface area contributed by atoms with Gasteiger partial charge in [0.2, 0.25) is 0 Å². The van der Waals surface area contributed by atoms with Crippen molar-refractivity contribution in [3.05, 3.63) is 27.7 Å². The van der Waals surface area contributed by atoms with Crippen LogP contribution in [0.25, 0.3) is 0 Å². The highest BCUT2D eigenvalue weighted by molar-refractivity contribution is 9.11. The molecule has 68 valence electrons. The fourth-order valence-electron chi connectivity index (χ4n) is 1.00. The zero-order valence-electron chi connectivity index (χ0n) is 6.88. The van der Waals surface area contributed by atoms with Crippen LogP contribution in [0.4, 0.5) is 0 Å². The van der Waals surface area contributed by atoms with Gasteiger partial charge in [0.1, 0.15) is 11.8 Å². The standard InChI is InChI=1S/C9H7Br2NO/c1-5(10)8-3-7(13)2-6(4-12)9(8)11/h2-3,5,13H,1H3. The van der Waals surface area contributed by atoms with Crippen LogP contribution in [0.2, 0.25) is 0 Å². The molecule has 0 aliphatic rings. The normalized spacial score (nSPS) is 12.2. The lowest BCUT2D eigenvalue weighted by atomic mass is 10.1. The summed E-state index contributed by atoms with van der Waals surface area (Å²) in [6.45, 7) is 1.93. The molecule has 0 aliphatic carbocycles. The van der Waals surface area contributed by atoms with E-state index in [1.54, 1.807) is 6.07 Å². The number of hydrogen-bond donors (Lipinski definition) is 1. The minimum atomic E-state index is 0.0982. The van der Waals surface area contributed by atoms with Crippen LogP contribution in [0.1, 0.15) is 22.9 Å². The molecule has 1 N–H and O–H groups in total. The van der Waals surface area contributed by atoms with Crippen molar-refractivity contribution in [2.24, 2.45) is 0 Å². The number of phenolic OH excluding ortho intramolecular Hbond substituents is 1. The number of nitriles is 1. The maximum atomic E-state index is 9.31. The minimum absolute atomic E-state index is 0.0982. The van der Waals surface area contributed by atoms with E-state index < -0.39 is 0 Å².